The molecule has 0 unspecified atom stereocenters. The van der Waals surface area contributed by atoms with E-state index in [4.69, 9.17) is 0 Å². The molecular weight excluding hydrogens is 242 g/mol. The van der Waals surface area contributed by atoms with E-state index in [2.05, 4.69) is 20.0 Å². The number of rotatable bonds is 6. The van der Waals surface area contributed by atoms with Crippen LogP contribution in [-0.4, -0.2) is 34.9 Å². The summed E-state index contributed by atoms with van der Waals surface area (Å²) < 4.78 is 27.6. The van der Waals surface area contributed by atoms with Crippen molar-refractivity contribution in [3.63, 3.8) is 0 Å². The van der Waals surface area contributed by atoms with Gasteiger partial charge in [-0.15, -0.1) is 0 Å². The molecule has 2 aromatic heterocycles. The molecule has 8 heteroatoms. The summed E-state index contributed by atoms with van der Waals surface area (Å²) >= 11 is 0. The molecule has 0 aliphatic carbocycles. The standard InChI is InChI=1S/C9H13N5O2S/c15-17(16,9-7-10-11-8-9)13-4-2-6-14-5-1-3-12-14/h1,3,5,7-8,13H,2,4,6H2,(H,10,11). The summed E-state index contributed by atoms with van der Waals surface area (Å²) in [6.45, 7) is 1.05. The second-order valence-electron chi connectivity index (χ2n) is 3.45. The van der Waals surface area contributed by atoms with Crippen LogP contribution in [0.2, 0.25) is 0 Å². The van der Waals surface area contributed by atoms with Crippen molar-refractivity contribution in [1.29, 1.82) is 0 Å². The van der Waals surface area contributed by atoms with Gasteiger partial charge in [-0.3, -0.25) is 9.78 Å². The number of aromatic amines is 1. The summed E-state index contributed by atoms with van der Waals surface area (Å²) in [5.41, 5.74) is 0. The number of H-pyrrole nitrogens is 1. The van der Waals surface area contributed by atoms with Crippen molar-refractivity contribution in [2.45, 2.75) is 17.9 Å². The van der Waals surface area contributed by atoms with E-state index in [1.165, 1.54) is 12.4 Å². The quantitative estimate of drug-likeness (QED) is 0.709. The first-order valence-corrected chi connectivity index (χ1v) is 6.63. The molecule has 92 valence electrons. The molecule has 0 radical (unpaired) electrons. The monoisotopic (exact) mass is 255 g/mol. The molecule has 7 nitrogen and oxygen atoms in total. The first-order chi connectivity index (χ1) is 8.18. The van der Waals surface area contributed by atoms with E-state index in [1.807, 2.05) is 12.3 Å². The van der Waals surface area contributed by atoms with Gasteiger partial charge in [-0.25, -0.2) is 13.1 Å². The van der Waals surface area contributed by atoms with Gasteiger partial charge in [0.25, 0.3) is 0 Å². The maximum absolute atomic E-state index is 11.7. The molecule has 0 atom stereocenters. The molecule has 0 amide bonds. The van der Waals surface area contributed by atoms with Crippen molar-refractivity contribution in [2.75, 3.05) is 6.54 Å². The molecular formula is C9H13N5O2S. The Morgan fingerprint density at radius 3 is 3.00 bits per heavy atom. The van der Waals surface area contributed by atoms with Crippen LogP contribution in [0.5, 0.6) is 0 Å². The summed E-state index contributed by atoms with van der Waals surface area (Å²) in [5, 5.41) is 10.1. The highest BCUT2D eigenvalue weighted by molar-refractivity contribution is 7.89. The number of nitrogens with zero attached hydrogens (tertiary/aromatic N) is 3. The Labute approximate surface area is 98.9 Å². The first-order valence-electron chi connectivity index (χ1n) is 5.14. The number of hydrogen-bond donors (Lipinski definition) is 2. The lowest BCUT2D eigenvalue weighted by Gasteiger charge is -2.04. The second kappa shape index (κ2) is 5.11. The fourth-order valence-electron chi connectivity index (χ4n) is 1.35. The molecule has 2 rings (SSSR count). The lowest BCUT2D eigenvalue weighted by Crippen LogP contribution is -2.25. The van der Waals surface area contributed by atoms with Crippen molar-refractivity contribution in [3.8, 4) is 0 Å². The van der Waals surface area contributed by atoms with Crippen LogP contribution in [0.15, 0.2) is 35.7 Å². The molecule has 2 heterocycles. The highest BCUT2D eigenvalue weighted by Gasteiger charge is 2.13. The number of aryl methyl sites for hydroxylation is 1. The molecule has 0 aromatic carbocycles. The van der Waals surface area contributed by atoms with Crippen molar-refractivity contribution in [3.05, 3.63) is 30.9 Å². The number of aromatic nitrogens is 4. The van der Waals surface area contributed by atoms with Gasteiger partial charge in [-0.05, 0) is 12.5 Å². The Hall–Kier alpha value is -1.67. The predicted octanol–water partition coefficient (Wildman–Crippen LogP) is -0.0252. The number of hydrogen-bond acceptors (Lipinski definition) is 4. The topological polar surface area (TPSA) is 92.7 Å². The van der Waals surface area contributed by atoms with Crippen LogP contribution < -0.4 is 4.72 Å². The maximum atomic E-state index is 11.7. The van der Waals surface area contributed by atoms with Gasteiger partial charge in [0.2, 0.25) is 10.0 Å². The van der Waals surface area contributed by atoms with Crippen molar-refractivity contribution >= 4 is 10.0 Å². The fraction of sp³-hybridized carbons (Fsp3) is 0.333. The van der Waals surface area contributed by atoms with Crippen LogP contribution in [0.25, 0.3) is 0 Å². The molecule has 0 aliphatic heterocycles. The van der Waals surface area contributed by atoms with Crippen LogP contribution in [-0.2, 0) is 16.6 Å². The van der Waals surface area contributed by atoms with Gasteiger partial charge in [-0.1, -0.05) is 0 Å². The summed E-state index contributed by atoms with van der Waals surface area (Å²) in [5.74, 6) is 0. The largest absolute Gasteiger partial charge is 0.284 e. The normalized spacial score (nSPS) is 11.8. The zero-order chi connectivity index (χ0) is 12.1. The Balaban J connectivity index is 1.79. The van der Waals surface area contributed by atoms with Crippen LogP contribution in [0.1, 0.15) is 6.42 Å². The molecule has 2 aromatic rings. The van der Waals surface area contributed by atoms with Crippen molar-refractivity contribution in [1.82, 2.24) is 24.7 Å². The van der Waals surface area contributed by atoms with Crippen molar-refractivity contribution < 1.29 is 8.42 Å². The molecule has 2 N–H and O–H groups in total. The van der Waals surface area contributed by atoms with E-state index >= 15 is 0 Å². The van der Waals surface area contributed by atoms with E-state index in [9.17, 15) is 8.42 Å². The lowest BCUT2D eigenvalue weighted by molar-refractivity contribution is 0.553. The van der Waals surface area contributed by atoms with Crippen LogP contribution in [0.4, 0.5) is 0 Å². The molecule has 0 spiro atoms. The van der Waals surface area contributed by atoms with Gasteiger partial charge in [0, 0.05) is 31.7 Å². The summed E-state index contributed by atoms with van der Waals surface area (Å²) in [7, 11) is -3.43. The van der Waals surface area contributed by atoms with E-state index in [0.29, 0.717) is 19.5 Å². The average Bonchev–Trinajstić information content (AvgIpc) is 2.97. The highest BCUT2D eigenvalue weighted by atomic mass is 32.2. The molecule has 17 heavy (non-hydrogen) atoms. The third-order valence-electron chi connectivity index (χ3n) is 2.20. The van der Waals surface area contributed by atoms with Gasteiger partial charge < -0.3 is 0 Å². The van der Waals surface area contributed by atoms with Gasteiger partial charge in [0.15, 0.2) is 0 Å². The first kappa shape index (κ1) is 11.8. The number of sulfonamides is 1. The molecule has 0 saturated heterocycles. The second-order valence-corrected chi connectivity index (χ2v) is 5.22. The molecule has 0 saturated carbocycles. The Morgan fingerprint density at radius 1 is 1.47 bits per heavy atom. The summed E-state index contributed by atoms with van der Waals surface area (Å²) in [6, 6.07) is 1.83. The smallest absolute Gasteiger partial charge is 0.243 e. The minimum absolute atomic E-state index is 0.150. The van der Waals surface area contributed by atoms with Gasteiger partial charge in [0.05, 0.1) is 6.20 Å². The minimum atomic E-state index is -3.43. The predicted molar refractivity (Wildman–Crippen MR) is 60.6 cm³/mol. The van der Waals surface area contributed by atoms with Crippen LogP contribution >= 0.6 is 0 Å². The van der Waals surface area contributed by atoms with E-state index in [1.54, 1.807) is 10.9 Å². The average molecular weight is 255 g/mol. The van der Waals surface area contributed by atoms with Gasteiger partial charge in [-0.2, -0.15) is 10.2 Å². The molecule has 0 fully saturated rings. The SMILES string of the molecule is O=S(=O)(NCCCn1cccn1)c1cn[nH]c1. The minimum Gasteiger partial charge on any atom is -0.284 e. The fourth-order valence-corrected chi connectivity index (χ4v) is 2.33. The van der Waals surface area contributed by atoms with E-state index < -0.39 is 10.0 Å². The van der Waals surface area contributed by atoms with Gasteiger partial charge in [0.1, 0.15) is 4.90 Å². The van der Waals surface area contributed by atoms with Gasteiger partial charge >= 0.3 is 0 Å². The Morgan fingerprint density at radius 2 is 2.35 bits per heavy atom. The number of nitrogens with one attached hydrogen (secondary N) is 2. The third-order valence-corrected chi connectivity index (χ3v) is 3.63. The third kappa shape index (κ3) is 3.14. The maximum Gasteiger partial charge on any atom is 0.243 e. The summed E-state index contributed by atoms with van der Waals surface area (Å²) in [6.07, 6.45) is 6.82. The molecule has 0 aliphatic rings. The van der Waals surface area contributed by atoms with E-state index in [-0.39, 0.29) is 4.90 Å². The van der Waals surface area contributed by atoms with E-state index in [0.717, 1.165) is 0 Å². The lowest BCUT2D eigenvalue weighted by atomic mass is 10.4. The Kier molecular flexibility index (Phi) is 3.55. The highest BCUT2D eigenvalue weighted by Crippen LogP contribution is 2.03. The van der Waals surface area contributed by atoms with Crippen LogP contribution in [0, 0.1) is 0 Å². The summed E-state index contributed by atoms with van der Waals surface area (Å²) in [4.78, 5) is 0.150. The molecule has 0 bridgehead atoms. The zero-order valence-corrected chi connectivity index (χ0v) is 9.89. The van der Waals surface area contributed by atoms with Crippen LogP contribution in [0.3, 0.4) is 0 Å². The zero-order valence-electron chi connectivity index (χ0n) is 9.07. The van der Waals surface area contributed by atoms with Crippen molar-refractivity contribution in [2.24, 2.45) is 0 Å². The Bertz CT molecular complexity index is 532.